The standard InChI is InChI=1S/C12H10Cl2N2O/c13-8-5-9(14)7-12(6-8)17-11-3-1-10(16-15)2-4-11/h1-7,16H,15H2. The highest BCUT2D eigenvalue weighted by Gasteiger charge is 2.01. The van der Waals surface area contributed by atoms with E-state index >= 15 is 0 Å². The number of nitrogens with two attached hydrogens (primary N) is 1. The Kier molecular flexibility index (Phi) is 3.74. The fraction of sp³-hybridized carbons (Fsp3) is 0. The molecule has 2 aromatic rings. The van der Waals surface area contributed by atoms with E-state index in [9.17, 15) is 0 Å². The summed E-state index contributed by atoms with van der Waals surface area (Å²) in [6, 6.07) is 12.2. The van der Waals surface area contributed by atoms with E-state index in [2.05, 4.69) is 5.43 Å². The lowest BCUT2D eigenvalue weighted by Gasteiger charge is -2.07. The second kappa shape index (κ2) is 5.27. The third kappa shape index (κ3) is 3.27. The minimum Gasteiger partial charge on any atom is -0.457 e. The van der Waals surface area contributed by atoms with Crippen LogP contribution in [0, 0.1) is 0 Å². The summed E-state index contributed by atoms with van der Waals surface area (Å²) in [5.41, 5.74) is 3.35. The Morgan fingerprint density at radius 3 is 2.00 bits per heavy atom. The average molecular weight is 269 g/mol. The van der Waals surface area contributed by atoms with Crippen molar-refractivity contribution in [1.29, 1.82) is 0 Å². The molecule has 0 aliphatic heterocycles. The van der Waals surface area contributed by atoms with Gasteiger partial charge in [-0.15, -0.1) is 0 Å². The van der Waals surface area contributed by atoms with Crippen LogP contribution in [0.4, 0.5) is 5.69 Å². The first kappa shape index (κ1) is 12.0. The van der Waals surface area contributed by atoms with Gasteiger partial charge < -0.3 is 10.2 Å². The fourth-order valence-electron chi connectivity index (χ4n) is 1.34. The summed E-state index contributed by atoms with van der Waals surface area (Å²) in [6.45, 7) is 0. The summed E-state index contributed by atoms with van der Waals surface area (Å²) in [7, 11) is 0. The van der Waals surface area contributed by atoms with E-state index in [-0.39, 0.29) is 0 Å². The van der Waals surface area contributed by atoms with Crippen molar-refractivity contribution in [3.05, 3.63) is 52.5 Å². The van der Waals surface area contributed by atoms with E-state index in [0.717, 1.165) is 5.69 Å². The maximum absolute atomic E-state index is 5.87. The number of hydrazine groups is 1. The van der Waals surface area contributed by atoms with Gasteiger partial charge in [-0.1, -0.05) is 23.2 Å². The van der Waals surface area contributed by atoms with Gasteiger partial charge in [0, 0.05) is 15.7 Å². The average Bonchev–Trinajstić information content (AvgIpc) is 2.28. The van der Waals surface area contributed by atoms with Gasteiger partial charge in [0.25, 0.3) is 0 Å². The molecule has 0 bridgehead atoms. The van der Waals surface area contributed by atoms with Crippen molar-refractivity contribution in [2.24, 2.45) is 5.84 Å². The molecule has 5 heteroatoms. The van der Waals surface area contributed by atoms with Crippen LogP contribution in [-0.2, 0) is 0 Å². The van der Waals surface area contributed by atoms with Crippen molar-refractivity contribution in [2.45, 2.75) is 0 Å². The minimum atomic E-state index is 0.535. The maximum Gasteiger partial charge on any atom is 0.130 e. The van der Waals surface area contributed by atoms with Gasteiger partial charge in [0.15, 0.2) is 0 Å². The van der Waals surface area contributed by atoms with Crippen molar-refractivity contribution in [3.8, 4) is 11.5 Å². The fourth-order valence-corrected chi connectivity index (χ4v) is 1.85. The van der Waals surface area contributed by atoms with Crippen molar-refractivity contribution in [2.75, 3.05) is 5.43 Å². The maximum atomic E-state index is 5.87. The van der Waals surface area contributed by atoms with Crippen LogP contribution in [0.5, 0.6) is 11.5 Å². The SMILES string of the molecule is NNc1ccc(Oc2cc(Cl)cc(Cl)c2)cc1. The topological polar surface area (TPSA) is 47.3 Å². The van der Waals surface area contributed by atoms with E-state index in [0.29, 0.717) is 21.5 Å². The summed E-state index contributed by atoms with van der Waals surface area (Å²) in [6.07, 6.45) is 0. The lowest BCUT2D eigenvalue weighted by molar-refractivity contribution is 0.483. The summed E-state index contributed by atoms with van der Waals surface area (Å²) in [5, 5.41) is 1.07. The van der Waals surface area contributed by atoms with E-state index in [4.69, 9.17) is 33.8 Å². The van der Waals surface area contributed by atoms with Crippen LogP contribution in [0.2, 0.25) is 10.0 Å². The molecule has 0 aromatic heterocycles. The predicted octanol–water partition coefficient (Wildman–Crippen LogP) is 4.07. The normalized spacial score (nSPS) is 10.1. The molecule has 3 nitrogen and oxygen atoms in total. The molecule has 0 atom stereocenters. The number of hydrogen-bond acceptors (Lipinski definition) is 3. The Morgan fingerprint density at radius 1 is 0.882 bits per heavy atom. The van der Waals surface area contributed by atoms with Gasteiger partial charge in [-0.3, -0.25) is 5.84 Å². The van der Waals surface area contributed by atoms with Crippen molar-refractivity contribution in [3.63, 3.8) is 0 Å². The number of hydrogen-bond donors (Lipinski definition) is 2. The van der Waals surface area contributed by atoms with E-state index in [1.807, 2.05) is 12.1 Å². The van der Waals surface area contributed by atoms with Gasteiger partial charge in [0.1, 0.15) is 11.5 Å². The zero-order chi connectivity index (χ0) is 12.3. The van der Waals surface area contributed by atoms with Gasteiger partial charge in [0.2, 0.25) is 0 Å². The summed E-state index contributed by atoms with van der Waals surface area (Å²) < 4.78 is 5.60. The molecule has 17 heavy (non-hydrogen) atoms. The Labute approximate surface area is 109 Å². The lowest BCUT2D eigenvalue weighted by Crippen LogP contribution is -2.05. The van der Waals surface area contributed by atoms with Gasteiger partial charge in [0.05, 0.1) is 0 Å². The van der Waals surface area contributed by atoms with E-state index < -0.39 is 0 Å². The molecule has 0 unspecified atom stereocenters. The number of nitrogen functional groups attached to an aromatic ring is 1. The van der Waals surface area contributed by atoms with Crippen molar-refractivity contribution >= 4 is 28.9 Å². The third-order valence-electron chi connectivity index (χ3n) is 2.09. The first-order chi connectivity index (χ1) is 8.17. The number of nitrogens with one attached hydrogen (secondary N) is 1. The van der Waals surface area contributed by atoms with Crippen LogP contribution in [0.1, 0.15) is 0 Å². The van der Waals surface area contributed by atoms with E-state index in [1.165, 1.54) is 0 Å². The Bertz CT molecular complexity index is 494. The van der Waals surface area contributed by atoms with Crippen LogP contribution in [0.25, 0.3) is 0 Å². The molecule has 0 aliphatic rings. The van der Waals surface area contributed by atoms with Crippen molar-refractivity contribution < 1.29 is 4.74 Å². The van der Waals surface area contributed by atoms with Crippen LogP contribution in [0.15, 0.2) is 42.5 Å². The van der Waals surface area contributed by atoms with Crippen LogP contribution < -0.4 is 16.0 Å². The Morgan fingerprint density at radius 2 is 1.47 bits per heavy atom. The number of halogens is 2. The molecule has 88 valence electrons. The number of anilines is 1. The second-order valence-corrected chi connectivity index (χ2v) is 4.25. The van der Waals surface area contributed by atoms with E-state index in [1.54, 1.807) is 30.3 Å². The molecular weight excluding hydrogens is 259 g/mol. The van der Waals surface area contributed by atoms with Gasteiger partial charge in [-0.2, -0.15) is 0 Å². The number of ether oxygens (including phenoxy) is 1. The highest BCUT2D eigenvalue weighted by molar-refractivity contribution is 6.34. The quantitative estimate of drug-likeness (QED) is 0.652. The second-order valence-electron chi connectivity index (χ2n) is 3.38. The number of benzene rings is 2. The molecule has 3 N–H and O–H groups in total. The molecule has 2 rings (SSSR count). The minimum absolute atomic E-state index is 0.535. The molecule has 0 aliphatic carbocycles. The molecule has 0 amide bonds. The van der Waals surface area contributed by atoms with Crippen molar-refractivity contribution in [1.82, 2.24) is 0 Å². The Hall–Kier alpha value is -1.42. The third-order valence-corrected chi connectivity index (χ3v) is 2.53. The van der Waals surface area contributed by atoms with Crippen LogP contribution in [0.3, 0.4) is 0 Å². The molecule has 0 spiro atoms. The van der Waals surface area contributed by atoms with Crippen LogP contribution in [-0.4, -0.2) is 0 Å². The first-order valence-corrected chi connectivity index (χ1v) is 5.63. The number of rotatable bonds is 3. The zero-order valence-electron chi connectivity index (χ0n) is 8.78. The first-order valence-electron chi connectivity index (χ1n) is 4.88. The molecule has 0 fully saturated rings. The van der Waals surface area contributed by atoms with Gasteiger partial charge >= 0.3 is 0 Å². The zero-order valence-corrected chi connectivity index (χ0v) is 10.3. The summed E-state index contributed by atoms with van der Waals surface area (Å²) >= 11 is 11.7. The highest BCUT2D eigenvalue weighted by atomic mass is 35.5. The molecule has 0 saturated heterocycles. The van der Waals surface area contributed by atoms with Crippen LogP contribution >= 0.6 is 23.2 Å². The predicted molar refractivity (Wildman–Crippen MR) is 70.8 cm³/mol. The highest BCUT2D eigenvalue weighted by Crippen LogP contribution is 2.28. The van der Waals surface area contributed by atoms with Gasteiger partial charge in [-0.25, -0.2) is 0 Å². The monoisotopic (exact) mass is 268 g/mol. The Balaban J connectivity index is 2.19. The largest absolute Gasteiger partial charge is 0.457 e. The summed E-state index contributed by atoms with van der Waals surface area (Å²) in [5.74, 6) is 6.54. The molecule has 0 radical (unpaired) electrons. The molecule has 2 aromatic carbocycles. The smallest absolute Gasteiger partial charge is 0.130 e. The summed E-state index contributed by atoms with van der Waals surface area (Å²) in [4.78, 5) is 0. The lowest BCUT2D eigenvalue weighted by atomic mass is 10.3. The molecular formula is C12H10Cl2N2O. The molecule has 0 saturated carbocycles. The molecule has 0 heterocycles. The van der Waals surface area contributed by atoms with Gasteiger partial charge in [-0.05, 0) is 42.5 Å².